The maximum atomic E-state index is 12.4. The normalized spacial score (nSPS) is 10.8. The summed E-state index contributed by atoms with van der Waals surface area (Å²) in [5.74, 6) is -1.32. The molecule has 3 aromatic rings. The highest BCUT2D eigenvalue weighted by molar-refractivity contribution is 7.17. The molecule has 0 saturated carbocycles. The number of hydrogen-bond donors (Lipinski definition) is 0. The van der Waals surface area contributed by atoms with E-state index in [1.165, 1.54) is 17.7 Å². The van der Waals surface area contributed by atoms with E-state index in [0.29, 0.717) is 10.2 Å². The Bertz CT molecular complexity index is 836. The van der Waals surface area contributed by atoms with Crippen LogP contribution in [0.5, 0.6) is 0 Å². The van der Waals surface area contributed by atoms with E-state index in [1.54, 1.807) is 0 Å². The number of carboxylic acids is 1. The van der Waals surface area contributed by atoms with Crippen molar-refractivity contribution in [2.24, 2.45) is 0 Å². The number of carbonyl (C=O) groups is 1. The maximum absolute atomic E-state index is 12.4. The van der Waals surface area contributed by atoms with Gasteiger partial charge in [-0.25, -0.2) is 4.98 Å². The van der Waals surface area contributed by atoms with Gasteiger partial charge in [-0.1, -0.05) is 30.3 Å². The lowest BCUT2D eigenvalue weighted by molar-refractivity contribution is -0.306. The Labute approximate surface area is 117 Å². The Morgan fingerprint density at radius 1 is 1.30 bits per heavy atom. The largest absolute Gasteiger partial charge is 0.548 e. The first-order valence-corrected chi connectivity index (χ1v) is 6.76. The topological polar surface area (TPSA) is 75.0 Å². The van der Waals surface area contributed by atoms with Crippen molar-refractivity contribution in [2.45, 2.75) is 6.54 Å². The summed E-state index contributed by atoms with van der Waals surface area (Å²) in [5.41, 5.74) is 1.32. The van der Waals surface area contributed by atoms with Gasteiger partial charge in [0.05, 0.1) is 24.2 Å². The first-order valence-electron chi connectivity index (χ1n) is 5.88. The lowest BCUT2D eigenvalue weighted by Crippen LogP contribution is -2.32. The zero-order valence-electron chi connectivity index (χ0n) is 10.3. The molecular weight excluding hydrogens is 276 g/mol. The SMILES string of the molecule is O=C([O-])Cn1cnc2scc(-c3ccccc3)c2c1=O. The number of aromatic nitrogens is 2. The number of carboxylic acid groups (broad SMARTS) is 1. The molecule has 0 saturated heterocycles. The molecule has 0 aliphatic heterocycles. The smallest absolute Gasteiger partial charge is 0.263 e. The third-order valence-electron chi connectivity index (χ3n) is 2.94. The van der Waals surface area contributed by atoms with Crippen molar-refractivity contribution in [1.29, 1.82) is 0 Å². The molecule has 5 nitrogen and oxygen atoms in total. The van der Waals surface area contributed by atoms with Gasteiger partial charge in [-0.3, -0.25) is 9.36 Å². The molecule has 0 amide bonds. The highest BCUT2D eigenvalue weighted by atomic mass is 32.1. The number of carbonyl (C=O) groups excluding carboxylic acids is 1. The van der Waals surface area contributed by atoms with Crippen LogP contribution in [0.1, 0.15) is 0 Å². The van der Waals surface area contributed by atoms with E-state index >= 15 is 0 Å². The number of benzene rings is 1. The third kappa shape index (κ3) is 2.10. The van der Waals surface area contributed by atoms with Gasteiger partial charge in [-0.15, -0.1) is 11.3 Å². The zero-order chi connectivity index (χ0) is 14.1. The third-order valence-corrected chi connectivity index (χ3v) is 3.83. The van der Waals surface area contributed by atoms with Gasteiger partial charge in [-0.05, 0) is 5.56 Å². The predicted molar refractivity (Wildman–Crippen MR) is 74.3 cm³/mol. The van der Waals surface area contributed by atoms with Crippen molar-refractivity contribution >= 4 is 27.5 Å². The van der Waals surface area contributed by atoms with E-state index in [2.05, 4.69) is 4.98 Å². The van der Waals surface area contributed by atoms with Gasteiger partial charge in [0.25, 0.3) is 5.56 Å². The highest BCUT2D eigenvalue weighted by Gasteiger charge is 2.12. The van der Waals surface area contributed by atoms with Crippen molar-refractivity contribution in [3.05, 3.63) is 52.4 Å². The van der Waals surface area contributed by atoms with Crippen LogP contribution in [-0.2, 0) is 11.3 Å². The lowest BCUT2D eigenvalue weighted by atomic mass is 10.1. The Morgan fingerprint density at radius 3 is 2.75 bits per heavy atom. The molecule has 0 bridgehead atoms. The van der Waals surface area contributed by atoms with Gasteiger partial charge in [0.2, 0.25) is 0 Å². The Morgan fingerprint density at radius 2 is 2.05 bits per heavy atom. The molecule has 0 N–H and O–H groups in total. The average molecular weight is 285 g/mol. The summed E-state index contributed by atoms with van der Waals surface area (Å²) in [6, 6.07) is 9.46. The number of fused-ring (bicyclic) bond motifs is 1. The summed E-state index contributed by atoms with van der Waals surface area (Å²) < 4.78 is 1.05. The molecule has 6 heteroatoms. The Kier molecular flexibility index (Phi) is 3.08. The van der Waals surface area contributed by atoms with E-state index < -0.39 is 12.5 Å². The molecule has 0 unspecified atom stereocenters. The molecule has 100 valence electrons. The molecule has 0 atom stereocenters. The van der Waals surface area contributed by atoms with Gasteiger partial charge in [0.1, 0.15) is 4.83 Å². The maximum Gasteiger partial charge on any atom is 0.263 e. The first-order chi connectivity index (χ1) is 9.66. The van der Waals surface area contributed by atoms with E-state index in [-0.39, 0.29) is 5.56 Å². The van der Waals surface area contributed by atoms with Crippen molar-refractivity contribution in [2.75, 3.05) is 0 Å². The molecule has 20 heavy (non-hydrogen) atoms. The summed E-state index contributed by atoms with van der Waals surface area (Å²) in [6.45, 7) is -0.494. The van der Waals surface area contributed by atoms with Crippen LogP contribution < -0.4 is 10.7 Å². The van der Waals surface area contributed by atoms with Crippen LogP contribution in [0.4, 0.5) is 0 Å². The molecule has 2 heterocycles. The Hall–Kier alpha value is -2.47. The molecule has 0 aliphatic rings. The van der Waals surface area contributed by atoms with Gasteiger partial charge < -0.3 is 9.90 Å². The molecular formula is C14H9N2O3S-. The lowest BCUT2D eigenvalue weighted by Gasteiger charge is -2.06. The fraction of sp³-hybridized carbons (Fsp3) is 0.0714. The van der Waals surface area contributed by atoms with Crippen LogP contribution in [0, 0.1) is 0 Å². The quantitative estimate of drug-likeness (QED) is 0.715. The second-order valence-electron chi connectivity index (χ2n) is 4.25. The molecule has 0 aliphatic carbocycles. The fourth-order valence-corrected chi connectivity index (χ4v) is 2.96. The van der Waals surface area contributed by atoms with Crippen LogP contribution in [0.25, 0.3) is 21.3 Å². The monoisotopic (exact) mass is 285 g/mol. The molecule has 0 spiro atoms. The second kappa shape index (κ2) is 4.90. The standard InChI is InChI=1S/C14H10N2O3S/c17-11(18)6-16-8-15-13-12(14(16)19)10(7-20-13)9-4-2-1-3-5-9/h1-5,7-8H,6H2,(H,17,18)/p-1. The van der Waals surface area contributed by atoms with Crippen molar-refractivity contribution < 1.29 is 9.90 Å². The minimum atomic E-state index is -1.32. The Balaban J connectivity index is 2.25. The number of aliphatic carboxylic acids is 1. The zero-order valence-corrected chi connectivity index (χ0v) is 11.1. The second-order valence-corrected chi connectivity index (χ2v) is 5.10. The van der Waals surface area contributed by atoms with E-state index in [1.807, 2.05) is 35.7 Å². The van der Waals surface area contributed by atoms with E-state index in [4.69, 9.17) is 0 Å². The highest BCUT2D eigenvalue weighted by Crippen LogP contribution is 2.30. The predicted octanol–water partition coefficient (Wildman–Crippen LogP) is 0.875. The van der Waals surface area contributed by atoms with E-state index in [9.17, 15) is 14.7 Å². The van der Waals surface area contributed by atoms with Gasteiger partial charge in [0.15, 0.2) is 0 Å². The fourth-order valence-electron chi connectivity index (χ4n) is 2.05. The van der Waals surface area contributed by atoms with Crippen LogP contribution in [-0.4, -0.2) is 15.5 Å². The minimum Gasteiger partial charge on any atom is -0.548 e. The van der Waals surface area contributed by atoms with Gasteiger partial charge in [0, 0.05) is 10.9 Å². The summed E-state index contributed by atoms with van der Waals surface area (Å²) in [6.07, 6.45) is 1.24. The number of rotatable bonds is 3. The molecule has 0 fully saturated rings. The average Bonchev–Trinajstić information content (AvgIpc) is 2.87. The van der Waals surface area contributed by atoms with Crippen LogP contribution in [0.2, 0.25) is 0 Å². The van der Waals surface area contributed by atoms with Gasteiger partial charge in [-0.2, -0.15) is 0 Å². The summed E-state index contributed by atoms with van der Waals surface area (Å²) in [7, 11) is 0. The number of thiophene rings is 1. The summed E-state index contributed by atoms with van der Waals surface area (Å²) >= 11 is 1.36. The number of nitrogens with zero attached hydrogens (tertiary/aromatic N) is 2. The summed E-state index contributed by atoms with van der Waals surface area (Å²) in [5, 5.41) is 13.0. The van der Waals surface area contributed by atoms with Crippen molar-refractivity contribution in [3.8, 4) is 11.1 Å². The number of hydrogen-bond acceptors (Lipinski definition) is 5. The van der Waals surface area contributed by atoms with Crippen LogP contribution in [0.15, 0.2) is 46.8 Å². The molecule has 3 rings (SSSR count). The first kappa shape index (κ1) is 12.6. The van der Waals surface area contributed by atoms with E-state index in [0.717, 1.165) is 15.7 Å². The minimum absolute atomic E-state index is 0.362. The van der Waals surface area contributed by atoms with Crippen LogP contribution in [0.3, 0.4) is 0 Å². The van der Waals surface area contributed by atoms with Crippen molar-refractivity contribution in [3.63, 3.8) is 0 Å². The van der Waals surface area contributed by atoms with Crippen molar-refractivity contribution in [1.82, 2.24) is 9.55 Å². The molecule has 0 radical (unpaired) electrons. The summed E-state index contributed by atoms with van der Waals surface area (Å²) in [4.78, 5) is 27.7. The molecule has 1 aromatic carbocycles. The van der Waals surface area contributed by atoms with Crippen LogP contribution >= 0.6 is 11.3 Å². The van der Waals surface area contributed by atoms with Gasteiger partial charge >= 0.3 is 0 Å². The molecule has 2 aromatic heterocycles.